The maximum absolute atomic E-state index is 13.3. The first-order valence-corrected chi connectivity index (χ1v) is 8.16. The number of carbonyl (C=O) groups is 1. The van der Waals surface area contributed by atoms with Gasteiger partial charge in [-0.1, -0.05) is 0 Å². The van der Waals surface area contributed by atoms with E-state index in [0.29, 0.717) is 19.3 Å². The van der Waals surface area contributed by atoms with E-state index in [2.05, 4.69) is 10.3 Å². The zero-order valence-corrected chi connectivity index (χ0v) is 14.2. The highest BCUT2D eigenvalue weighted by Crippen LogP contribution is 2.28. The number of anilines is 1. The number of hydrogen-bond donors (Lipinski definition) is 1. The van der Waals surface area contributed by atoms with Crippen molar-refractivity contribution in [2.24, 2.45) is 0 Å². The lowest BCUT2D eigenvalue weighted by atomic mass is 10.2. The Morgan fingerprint density at radius 1 is 1.07 bits per heavy atom. The van der Waals surface area contributed by atoms with Crippen molar-refractivity contribution in [1.29, 1.82) is 0 Å². The van der Waals surface area contributed by atoms with Crippen LogP contribution in [-0.2, 0) is 11.0 Å². The molecule has 0 saturated heterocycles. The fourth-order valence-electron chi connectivity index (χ4n) is 2.23. The SMILES string of the molecule is O=C(CCCCCOc1ccc(F)cc1F)Nc1ccnc(C(F)(F)F)c1. The summed E-state index contributed by atoms with van der Waals surface area (Å²) < 4.78 is 69.0. The molecule has 0 aliphatic heterocycles. The summed E-state index contributed by atoms with van der Waals surface area (Å²) in [5.74, 6) is -1.94. The van der Waals surface area contributed by atoms with Crippen molar-refractivity contribution in [3.63, 3.8) is 0 Å². The summed E-state index contributed by atoms with van der Waals surface area (Å²) in [4.78, 5) is 15.0. The van der Waals surface area contributed by atoms with Gasteiger partial charge in [0.2, 0.25) is 5.91 Å². The molecular formula is C18H17F5N2O2. The molecular weight excluding hydrogens is 371 g/mol. The number of unbranched alkanes of at least 4 members (excludes halogenated alkanes) is 2. The topological polar surface area (TPSA) is 51.2 Å². The van der Waals surface area contributed by atoms with E-state index < -0.39 is 29.4 Å². The van der Waals surface area contributed by atoms with Gasteiger partial charge in [0, 0.05) is 24.4 Å². The van der Waals surface area contributed by atoms with Gasteiger partial charge in [0.05, 0.1) is 6.61 Å². The third-order valence-corrected chi connectivity index (χ3v) is 3.53. The van der Waals surface area contributed by atoms with Gasteiger partial charge >= 0.3 is 6.18 Å². The highest BCUT2D eigenvalue weighted by Gasteiger charge is 2.32. The normalized spacial score (nSPS) is 11.3. The number of nitrogens with zero attached hydrogens (tertiary/aromatic N) is 1. The Morgan fingerprint density at radius 3 is 2.56 bits per heavy atom. The molecule has 0 radical (unpaired) electrons. The molecule has 146 valence electrons. The van der Waals surface area contributed by atoms with Gasteiger partial charge in [-0.2, -0.15) is 13.2 Å². The number of ether oxygens (including phenoxy) is 1. The number of pyridine rings is 1. The molecule has 0 aliphatic rings. The van der Waals surface area contributed by atoms with Crippen molar-refractivity contribution in [1.82, 2.24) is 4.98 Å². The molecule has 4 nitrogen and oxygen atoms in total. The number of hydrogen-bond acceptors (Lipinski definition) is 3. The van der Waals surface area contributed by atoms with E-state index >= 15 is 0 Å². The standard InChI is InChI=1S/C18H17F5N2O2/c19-12-5-6-15(14(20)10-12)27-9-3-1-2-4-17(26)25-13-7-8-24-16(11-13)18(21,22)23/h5-8,10-11H,1-4,9H2,(H,24,25,26). The second-order valence-electron chi connectivity index (χ2n) is 5.71. The van der Waals surface area contributed by atoms with Gasteiger partial charge in [-0.25, -0.2) is 8.78 Å². The monoisotopic (exact) mass is 388 g/mol. The maximum Gasteiger partial charge on any atom is 0.433 e. The van der Waals surface area contributed by atoms with Crippen LogP contribution < -0.4 is 10.1 Å². The lowest BCUT2D eigenvalue weighted by molar-refractivity contribution is -0.141. The summed E-state index contributed by atoms with van der Waals surface area (Å²) in [5.41, 5.74) is -1.05. The van der Waals surface area contributed by atoms with E-state index in [1.807, 2.05) is 0 Å². The van der Waals surface area contributed by atoms with Gasteiger partial charge < -0.3 is 10.1 Å². The van der Waals surface area contributed by atoms with Crippen LogP contribution in [0.5, 0.6) is 5.75 Å². The zero-order valence-electron chi connectivity index (χ0n) is 14.2. The van der Waals surface area contributed by atoms with Crippen molar-refractivity contribution in [3.8, 4) is 5.75 Å². The third kappa shape index (κ3) is 6.84. The number of amides is 1. The molecule has 1 heterocycles. The van der Waals surface area contributed by atoms with Crippen molar-refractivity contribution in [2.45, 2.75) is 31.9 Å². The van der Waals surface area contributed by atoms with Gasteiger partial charge in [-0.15, -0.1) is 0 Å². The molecule has 9 heteroatoms. The molecule has 0 saturated carbocycles. The highest BCUT2D eigenvalue weighted by molar-refractivity contribution is 5.90. The smallest absolute Gasteiger partial charge is 0.433 e. The molecule has 2 aromatic rings. The van der Waals surface area contributed by atoms with Gasteiger partial charge in [-0.05, 0) is 43.5 Å². The molecule has 2 rings (SSSR count). The first-order chi connectivity index (χ1) is 12.8. The van der Waals surface area contributed by atoms with Crippen LogP contribution in [0.4, 0.5) is 27.6 Å². The Hall–Kier alpha value is -2.71. The Bertz CT molecular complexity index is 781. The minimum atomic E-state index is -4.58. The number of carbonyl (C=O) groups excluding carboxylic acids is 1. The van der Waals surface area contributed by atoms with Gasteiger partial charge in [0.25, 0.3) is 0 Å². The van der Waals surface area contributed by atoms with Crippen LogP contribution in [0.1, 0.15) is 31.4 Å². The van der Waals surface area contributed by atoms with E-state index in [1.165, 1.54) is 12.1 Å². The summed E-state index contributed by atoms with van der Waals surface area (Å²) in [5, 5.41) is 2.39. The molecule has 1 aromatic carbocycles. The molecule has 0 spiro atoms. The lowest BCUT2D eigenvalue weighted by Gasteiger charge is -2.09. The second kappa shape index (κ2) is 9.29. The first kappa shape index (κ1) is 20.6. The summed E-state index contributed by atoms with van der Waals surface area (Å²) in [6.45, 7) is 0.198. The third-order valence-electron chi connectivity index (χ3n) is 3.53. The molecule has 1 aromatic heterocycles. The zero-order chi connectivity index (χ0) is 19.9. The molecule has 0 atom stereocenters. The van der Waals surface area contributed by atoms with E-state index in [1.54, 1.807) is 0 Å². The summed E-state index contributed by atoms with van der Waals surface area (Å²) in [6.07, 6.45) is -1.86. The van der Waals surface area contributed by atoms with Crippen LogP contribution >= 0.6 is 0 Å². The van der Waals surface area contributed by atoms with Crippen LogP contribution in [0.2, 0.25) is 0 Å². The van der Waals surface area contributed by atoms with E-state index in [0.717, 1.165) is 24.4 Å². The Morgan fingerprint density at radius 2 is 1.85 bits per heavy atom. The van der Waals surface area contributed by atoms with Crippen LogP contribution in [0.25, 0.3) is 0 Å². The number of nitrogens with one attached hydrogen (secondary N) is 1. The number of benzene rings is 1. The molecule has 1 N–H and O–H groups in total. The van der Waals surface area contributed by atoms with E-state index in [9.17, 15) is 26.7 Å². The van der Waals surface area contributed by atoms with Crippen LogP contribution in [0.3, 0.4) is 0 Å². The van der Waals surface area contributed by atoms with Gasteiger partial charge in [-0.3, -0.25) is 9.78 Å². The predicted molar refractivity (Wildman–Crippen MR) is 88.2 cm³/mol. The average molecular weight is 388 g/mol. The van der Waals surface area contributed by atoms with Gasteiger partial charge in [0.1, 0.15) is 11.5 Å². The van der Waals surface area contributed by atoms with Crippen molar-refractivity contribution in [3.05, 3.63) is 53.9 Å². The lowest BCUT2D eigenvalue weighted by Crippen LogP contribution is -2.13. The number of aromatic nitrogens is 1. The van der Waals surface area contributed by atoms with Crippen LogP contribution in [0, 0.1) is 11.6 Å². The van der Waals surface area contributed by atoms with Gasteiger partial charge in [0.15, 0.2) is 11.6 Å². The predicted octanol–water partition coefficient (Wildman–Crippen LogP) is 4.96. The van der Waals surface area contributed by atoms with Crippen molar-refractivity contribution in [2.75, 3.05) is 11.9 Å². The number of alkyl halides is 3. The number of halogens is 5. The molecule has 1 amide bonds. The summed E-state index contributed by atoms with van der Waals surface area (Å²) in [7, 11) is 0. The Labute approximate surface area is 152 Å². The summed E-state index contributed by atoms with van der Waals surface area (Å²) >= 11 is 0. The summed E-state index contributed by atoms with van der Waals surface area (Å²) in [6, 6.07) is 5.05. The number of rotatable bonds is 8. The minimum absolute atomic E-state index is 0.0254. The van der Waals surface area contributed by atoms with Crippen molar-refractivity contribution >= 4 is 11.6 Å². The molecule has 0 unspecified atom stereocenters. The van der Waals surface area contributed by atoms with E-state index in [4.69, 9.17) is 4.74 Å². The molecule has 27 heavy (non-hydrogen) atoms. The second-order valence-corrected chi connectivity index (χ2v) is 5.71. The fraction of sp³-hybridized carbons (Fsp3) is 0.333. The molecule has 0 aliphatic carbocycles. The fourth-order valence-corrected chi connectivity index (χ4v) is 2.23. The van der Waals surface area contributed by atoms with Crippen LogP contribution in [-0.4, -0.2) is 17.5 Å². The van der Waals surface area contributed by atoms with Crippen LogP contribution in [0.15, 0.2) is 36.5 Å². The minimum Gasteiger partial charge on any atom is -0.491 e. The average Bonchev–Trinajstić information content (AvgIpc) is 2.59. The molecule has 0 bridgehead atoms. The maximum atomic E-state index is 13.3. The first-order valence-electron chi connectivity index (χ1n) is 8.16. The Balaban J connectivity index is 1.66. The quantitative estimate of drug-likeness (QED) is 0.514. The Kier molecular flexibility index (Phi) is 7.09. The molecule has 0 fully saturated rings. The van der Waals surface area contributed by atoms with Crippen molar-refractivity contribution < 1.29 is 31.5 Å². The van der Waals surface area contributed by atoms with E-state index in [-0.39, 0.29) is 24.5 Å². The largest absolute Gasteiger partial charge is 0.491 e. The highest BCUT2D eigenvalue weighted by atomic mass is 19.4.